The minimum Gasteiger partial charge on any atom is -0.369 e. The fourth-order valence-corrected chi connectivity index (χ4v) is 3.57. The summed E-state index contributed by atoms with van der Waals surface area (Å²) in [6.45, 7) is 3.85. The second kappa shape index (κ2) is 6.99. The molecule has 2 saturated heterocycles. The number of nitrogens with zero attached hydrogens (tertiary/aromatic N) is 4. The summed E-state index contributed by atoms with van der Waals surface area (Å²) in [5.74, 6) is -0.299. The predicted molar refractivity (Wildman–Crippen MR) is 99.4 cm³/mol. The maximum atomic E-state index is 12.6. The summed E-state index contributed by atoms with van der Waals surface area (Å²) in [5.41, 5.74) is 1.57. The summed E-state index contributed by atoms with van der Waals surface area (Å²) >= 11 is 0. The molecule has 2 fully saturated rings. The summed E-state index contributed by atoms with van der Waals surface area (Å²) in [7, 11) is 1.64. The largest absolute Gasteiger partial charge is 0.369 e. The molecule has 0 bridgehead atoms. The number of aromatic nitrogens is 3. The first-order chi connectivity index (χ1) is 13.0. The Morgan fingerprint density at radius 1 is 1.07 bits per heavy atom. The molecule has 27 heavy (non-hydrogen) atoms. The number of amides is 2. The molecule has 2 amide bonds. The lowest BCUT2D eigenvalue weighted by Gasteiger charge is -2.29. The van der Waals surface area contributed by atoms with Crippen LogP contribution in [0.15, 0.2) is 29.1 Å². The highest BCUT2D eigenvalue weighted by atomic mass is 16.2. The van der Waals surface area contributed by atoms with Crippen LogP contribution in [0, 0.1) is 0 Å². The van der Waals surface area contributed by atoms with Gasteiger partial charge in [-0.3, -0.25) is 19.5 Å². The first-order valence-corrected chi connectivity index (χ1v) is 9.10. The van der Waals surface area contributed by atoms with Gasteiger partial charge in [-0.15, -0.1) is 5.10 Å². The van der Waals surface area contributed by atoms with Crippen LogP contribution in [0.3, 0.4) is 0 Å². The van der Waals surface area contributed by atoms with E-state index in [4.69, 9.17) is 0 Å². The highest BCUT2D eigenvalue weighted by Crippen LogP contribution is 2.23. The van der Waals surface area contributed by atoms with Crippen LogP contribution in [0.25, 0.3) is 11.4 Å². The quantitative estimate of drug-likeness (QED) is 0.716. The van der Waals surface area contributed by atoms with E-state index in [1.165, 1.54) is 9.25 Å². The highest BCUT2D eigenvalue weighted by molar-refractivity contribution is 5.99. The maximum Gasteiger partial charge on any atom is 0.346 e. The average molecular weight is 370 g/mol. The number of benzene rings is 1. The molecule has 2 N–H and O–H groups in total. The fourth-order valence-electron chi connectivity index (χ4n) is 3.57. The van der Waals surface area contributed by atoms with Crippen LogP contribution >= 0.6 is 0 Å². The normalized spacial score (nSPS) is 20.6. The van der Waals surface area contributed by atoms with Gasteiger partial charge in [-0.2, -0.15) is 0 Å². The number of piperazine rings is 1. The SMILES string of the molecule is Cn1c(-c2ccc(N3CCNCC3)cc2)nn(C2CCC(=O)NC2=O)c1=O. The Morgan fingerprint density at radius 3 is 2.44 bits per heavy atom. The van der Waals surface area contributed by atoms with Crippen molar-refractivity contribution in [2.45, 2.75) is 18.9 Å². The molecular formula is C18H22N6O3. The Hall–Kier alpha value is -2.94. The molecule has 0 spiro atoms. The molecule has 2 aliphatic rings. The molecule has 1 aromatic heterocycles. The van der Waals surface area contributed by atoms with Gasteiger partial charge in [0.25, 0.3) is 5.91 Å². The second-order valence-electron chi connectivity index (χ2n) is 6.86. The van der Waals surface area contributed by atoms with Crippen molar-refractivity contribution < 1.29 is 9.59 Å². The van der Waals surface area contributed by atoms with Crippen LogP contribution in [-0.2, 0) is 16.6 Å². The van der Waals surface area contributed by atoms with Gasteiger partial charge in [-0.25, -0.2) is 9.48 Å². The summed E-state index contributed by atoms with van der Waals surface area (Å²) in [6.07, 6.45) is 0.483. The van der Waals surface area contributed by atoms with Crippen molar-refractivity contribution in [2.24, 2.45) is 7.05 Å². The number of nitrogens with one attached hydrogen (secondary N) is 2. The molecule has 4 rings (SSSR count). The van der Waals surface area contributed by atoms with E-state index in [0.717, 1.165) is 37.4 Å². The molecule has 2 aromatic rings. The number of carbonyl (C=O) groups is 2. The number of carbonyl (C=O) groups excluding carboxylic acids is 2. The number of rotatable bonds is 3. The topological polar surface area (TPSA) is 101 Å². The van der Waals surface area contributed by atoms with Gasteiger partial charge in [-0.1, -0.05) is 0 Å². The molecular weight excluding hydrogens is 348 g/mol. The zero-order valence-electron chi connectivity index (χ0n) is 15.1. The molecule has 1 unspecified atom stereocenters. The van der Waals surface area contributed by atoms with Gasteiger partial charge in [-0.05, 0) is 30.7 Å². The number of hydrogen-bond donors (Lipinski definition) is 2. The molecule has 0 aliphatic carbocycles. The minimum atomic E-state index is -0.754. The smallest absolute Gasteiger partial charge is 0.346 e. The Kier molecular flexibility index (Phi) is 4.53. The lowest BCUT2D eigenvalue weighted by Crippen LogP contribution is -2.44. The molecule has 1 aromatic carbocycles. The van der Waals surface area contributed by atoms with E-state index in [-0.39, 0.29) is 24.4 Å². The lowest BCUT2D eigenvalue weighted by atomic mass is 10.1. The van der Waals surface area contributed by atoms with Gasteiger partial charge in [0, 0.05) is 50.9 Å². The van der Waals surface area contributed by atoms with Gasteiger partial charge in [0.2, 0.25) is 5.91 Å². The molecule has 2 aliphatic heterocycles. The van der Waals surface area contributed by atoms with Crippen LogP contribution in [0.2, 0.25) is 0 Å². The zero-order chi connectivity index (χ0) is 19.0. The van der Waals surface area contributed by atoms with Gasteiger partial charge >= 0.3 is 5.69 Å². The van der Waals surface area contributed by atoms with Crippen molar-refractivity contribution >= 4 is 17.5 Å². The number of hydrogen-bond acceptors (Lipinski definition) is 6. The summed E-state index contributed by atoms with van der Waals surface area (Å²) in [5, 5.41) is 9.99. The van der Waals surface area contributed by atoms with E-state index in [1.54, 1.807) is 7.05 Å². The number of imide groups is 1. The molecule has 0 radical (unpaired) electrons. The van der Waals surface area contributed by atoms with Gasteiger partial charge < -0.3 is 10.2 Å². The highest BCUT2D eigenvalue weighted by Gasteiger charge is 2.31. The van der Waals surface area contributed by atoms with Gasteiger partial charge in [0.1, 0.15) is 6.04 Å². The molecule has 1 atom stereocenters. The zero-order valence-corrected chi connectivity index (χ0v) is 15.1. The fraction of sp³-hybridized carbons (Fsp3) is 0.444. The van der Waals surface area contributed by atoms with E-state index in [9.17, 15) is 14.4 Å². The Labute approximate surface area is 156 Å². The maximum absolute atomic E-state index is 12.6. The third-order valence-corrected chi connectivity index (χ3v) is 5.12. The van der Waals surface area contributed by atoms with E-state index in [0.29, 0.717) is 5.82 Å². The van der Waals surface area contributed by atoms with Crippen molar-refractivity contribution in [3.8, 4) is 11.4 Å². The van der Waals surface area contributed by atoms with E-state index in [1.807, 2.05) is 24.3 Å². The van der Waals surface area contributed by atoms with E-state index >= 15 is 0 Å². The van der Waals surface area contributed by atoms with Crippen LogP contribution < -0.4 is 21.2 Å². The molecule has 142 valence electrons. The van der Waals surface area contributed by atoms with Crippen LogP contribution in [0.5, 0.6) is 0 Å². The predicted octanol–water partition coefficient (Wildman–Crippen LogP) is -0.364. The molecule has 9 heteroatoms. The second-order valence-corrected chi connectivity index (χ2v) is 6.86. The van der Waals surface area contributed by atoms with Crippen LogP contribution in [0.4, 0.5) is 5.69 Å². The minimum absolute atomic E-state index is 0.203. The van der Waals surface area contributed by atoms with E-state index < -0.39 is 11.9 Å². The summed E-state index contributed by atoms with van der Waals surface area (Å²) in [6, 6.07) is 7.17. The van der Waals surface area contributed by atoms with Crippen molar-refractivity contribution in [1.29, 1.82) is 0 Å². The summed E-state index contributed by atoms with van der Waals surface area (Å²) < 4.78 is 2.62. The Balaban J connectivity index is 1.62. The standard InChI is InChI=1S/C18H22N6O3/c1-22-16(12-2-4-13(5-3-12)23-10-8-19-9-11-23)21-24(18(22)27)14-6-7-15(25)20-17(14)26/h2-5,14,19H,6-11H2,1H3,(H,20,25,26). The summed E-state index contributed by atoms with van der Waals surface area (Å²) in [4.78, 5) is 38.3. The van der Waals surface area contributed by atoms with Crippen LogP contribution in [0.1, 0.15) is 18.9 Å². The van der Waals surface area contributed by atoms with Crippen molar-refractivity contribution in [3.05, 3.63) is 34.7 Å². The van der Waals surface area contributed by atoms with Crippen LogP contribution in [-0.4, -0.2) is 52.3 Å². The van der Waals surface area contributed by atoms with Gasteiger partial charge in [0.15, 0.2) is 5.82 Å². The number of anilines is 1. The lowest BCUT2D eigenvalue weighted by molar-refractivity contribution is -0.136. The van der Waals surface area contributed by atoms with Crippen molar-refractivity contribution in [1.82, 2.24) is 25.0 Å². The first-order valence-electron chi connectivity index (χ1n) is 9.10. The average Bonchev–Trinajstić information content (AvgIpc) is 2.98. The first kappa shape index (κ1) is 17.5. The van der Waals surface area contributed by atoms with Crippen molar-refractivity contribution in [3.63, 3.8) is 0 Å². The molecule has 9 nitrogen and oxygen atoms in total. The molecule has 0 saturated carbocycles. The molecule has 3 heterocycles. The Bertz CT molecular complexity index is 924. The van der Waals surface area contributed by atoms with E-state index in [2.05, 4.69) is 20.6 Å². The van der Waals surface area contributed by atoms with Crippen molar-refractivity contribution in [2.75, 3.05) is 31.1 Å². The Morgan fingerprint density at radius 2 is 1.78 bits per heavy atom. The van der Waals surface area contributed by atoms with Gasteiger partial charge in [0.05, 0.1) is 0 Å². The third kappa shape index (κ3) is 3.25. The number of piperidine rings is 1. The third-order valence-electron chi connectivity index (χ3n) is 5.12. The monoisotopic (exact) mass is 370 g/mol.